The van der Waals surface area contributed by atoms with Crippen molar-refractivity contribution in [3.05, 3.63) is 42.7 Å². The number of hydrogen-bond acceptors (Lipinski definition) is 3. The van der Waals surface area contributed by atoms with Crippen molar-refractivity contribution in [1.82, 2.24) is 0 Å². The topological polar surface area (TPSA) is 41.5 Å². The Hall–Kier alpha value is -1.62. The van der Waals surface area contributed by atoms with Gasteiger partial charge in [0.15, 0.2) is 0 Å². The average Bonchev–Trinajstić information content (AvgIpc) is 2.52. The lowest BCUT2D eigenvalue weighted by atomic mass is 10.2. The Bertz CT molecular complexity index is 385. The van der Waals surface area contributed by atoms with Gasteiger partial charge in [0.05, 0.1) is 0 Å². The van der Waals surface area contributed by atoms with E-state index in [0.717, 1.165) is 0 Å². The maximum Gasteiger partial charge on any atom is 0.241 e. The van der Waals surface area contributed by atoms with Crippen LogP contribution in [-0.4, -0.2) is 5.84 Å². The van der Waals surface area contributed by atoms with Gasteiger partial charge in [0.2, 0.25) is 5.84 Å². The molecule has 2 rings (SSSR count). The molecular formula is C8H7FN4. The van der Waals surface area contributed by atoms with Crippen LogP contribution in [0.1, 0.15) is 5.56 Å². The zero-order chi connectivity index (χ0) is 9.26. The molecule has 5 heteroatoms. The second-order valence-corrected chi connectivity index (χ2v) is 2.56. The van der Waals surface area contributed by atoms with Gasteiger partial charge in [0, 0.05) is 10.8 Å². The second-order valence-electron chi connectivity index (χ2n) is 2.56. The van der Waals surface area contributed by atoms with Gasteiger partial charge >= 0.3 is 0 Å². The Morgan fingerprint density at radius 3 is 2.85 bits per heavy atom. The SMILES string of the molecule is [CH2-][NH+]1N=NC(c2cccc(F)c2)=N1. The van der Waals surface area contributed by atoms with E-state index in [-0.39, 0.29) is 5.82 Å². The third-order valence-electron chi connectivity index (χ3n) is 1.58. The predicted octanol–water partition coefficient (Wildman–Crippen LogP) is 0.545. The molecule has 0 saturated carbocycles. The van der Waals surface area contributed by atoms with Crippen molar-refractivity contribution >= 4 is 5.84 Å². The van der Waals surface area contributed by atoms with Gasteiger partial charge in [0.25, 0.3) is 0 Å². The number of hydrogen-bond donors (Lipinski definition) is 1. The molecule has 0 saturated heterocycles. The van der Waals surface area contributed by atoms with Crippen LogP contribution in [0.25, 0.3) is 0 Å². The van der Waals surface area contributed by atoms with Gasteiger partial charge in [-0.2, -0.15) is 5.12 Å². The van der Waals surface area contributed by atoms with Crippen molar-refractivity contribution in [2.75, 3.05) is 0 Å². The summed E-state index contributed by atoms with van der Waals surface area (Å²) in [6.07, 6.45) is 0. The average molecular weight is 178 g/mol. The molecule has 66 valence electrons. The van der Waals surface area contributed by atoms with Gasteiger partial charge in [-0.05, 0) is 12.1 Å². The molecule has 0 bridgehead atoms. The minimum Gasteiger partial charge on any atom is -0.207 e. The Labute approximate surface area is 74.4 Å². The smallest absolute Gasteiger partial charge is 0.207 e. The number of quaternary nitrogens is 1. The van der Waals surface area contributed by atoms with E-state index >= 15 is 0 Å². The summed E-state index contributed by atoms with van der Waals surface area (Å²) in [6, 6.07) is 6.05. The summed E-state index contributed by atoms with van der Waals surface area (Å²) >= 11 is 0. The van der Waals surface area contributed by atoms with Crippen LogP contribution in [0.5, 0.6) is 0 Å². The number of halogens is 1. The maximum atomic E-state index is 12.8. The lowest BCUT2D eigenvalue weighted by Gasteiger charge is -1.95. The molecule has 1 unspecified atom stereocenters. The Balaban J connectivity index is 2.37. The van der Waals surface area contributed by atoms with Gasteiger partial charge < -0.3 is 0 Å². The van der Waals surface area contributed by atoms with Crippen molar-refractivity contribution in [3.63, 3.8) is 0 Å². The van der Waals surface area contributed by atoms with Crippen LogP contribution >= 0.6 is 0 Å². The number of nitrogens with zero attached hydrogens (tertiary/aromatic N) is 3. The molecule has 1 aromatic rings. The Kier molecular flexibility index (Phi) is 1.86. The van der Waals surface area contributed by atoms with Crippen molar-refractivity contribution in [2.24, 2.45) is 15.4 Å². The van der Waals surface area contributed by atoms with Crippen LogP contribution in [-0.2, 0) is 0 Å². The van der Waals surface area contributed by atoms with Gasteiger partial charge in [0.1, 0.15) is 5.82 Å². The summed E-state index contributed by atoms with van der Waals surface area (Å²) in [5, 5.41) is 11.6. The molecule has 1 N–H and O–H groups in total. The first-order chi connectivity index (χ1) is 6.25. The molecule has 1 aliphatic heterocycles. The predicted molar refractivity (Wildman–Crippen MR) is 44.1 cm³/mol. The highest BCUT2D eigenvalue weighted by Crippen LogP contribution is 2.06. The van der Waals surface area contributed by atoms with Crippen molar-refractivity contribution in [2.45, 2.75) is 0 Å². The lowest BCUT2D eigenvalue weighted by Crippen LogP contribution is -2.95. The molecule has 1 heterocycles. The first-order valence-electron chi connectivity index (χ1n) is 3.71. The minimum absolute atomic E-state index is 0.312. The van der Waals surface area contributed by atoms with Crippen LogP contribution in [0.15, 0.2) is 39.7 Å². The van der Waals surface area contributed by atoms with Gasteiger partial charge in [-0.3, -0.25) is 0 Å². The van der Waals surface area contributed by atoms with Gasteiger partial charge in [-0.1, -0.05) is 29.4 Å². The van der Waals surface area contributed by atoms with E-state index in [4.69, 9.17) is 0 Å². The van der Waals surface area contributed by atoms with Gasteiger partial charge in [-0.15, -0.1) is 0 Å². The standard InChI is InChI=1S/C8H7FN4/c1-13-11-8(10-12-13)6-3-2-4-7(9)5-6/h2-5,13H,1H2. The zero-order valence-corrected chi connectivity index (χ0v) is 6.74. The van der Waals surface area contributed by atoms with Gasteiger partial charge in [-0.25, -0.2) is 4.39 Å². The highest BCUT2D eigenvalue weighted by molar-refractivity contribution is 5.98. The highest BCUT2D eigenvalue weighted by atomic mass is 19.1. The van der Waals surface area contributed by atoms with Crippen LogP contribution in [0.4, 0.5) is 4.39 Å². The van der Waals surface area contributed by atoms with E-state index in [0.29, 0.717) is 16.5 Å². The van der Waals surface area contributed by atoms with E-state index < -0.39 is 0 Å². The van der Waals surface area contributed by atoms with Crippen LogP contribution in [0, 0.1) is 12.9 Å². The zero-order valence-electron chi connectivity index (χ0n) is 6.74. The molecule has 0 spiro atoms. The molecule has 4 nitrogen and oxygen atoms in total. The Morgan fingerprint density at radius 2 is 2.23 bits per heavy atom. The molecule has 13 heavy (non-hydrogen) atoms. The number of amidine groups is 1. The molecule has 0 aliphatic carbocycles. The fourth-order valence-corrected chi connectivity index (χ4v) is 1.02. The molecule has 0 radical (unpaired) electrons. The largest absolute Gasteiger partial charge is 0.241 e. The number of rotatable bonds is 1. The van der Waals surface area contributed by atoms with E-state index in [1.807, 2.05) is 0 Å². The summed E-state index contributed by atoms with van der Waals surface area (Å²) < 4.78 is 12.8. The summed E-state index contributed by atoms with van der Waals surface area (Å²) in [4.78, 5) is 0. The molecule has 0 aromatic heterocycles. The van der Waals surface area contributed by atoms with Crippen molar-refractivity contribution < 1.29 is 9.51 Å². The number of benzene rings is 1. The van der Waals surface area contributed by atoms with E-state index in [9.17, 15) is 4.39 Å². The molecule has 0 amide bonds. The normalized spacial score (nSPS) is 20.5. The highest BCUT2D eigenvalue weighted by Gasteiger charge is 2.11. The van der Waals surface area contributed by atoms with Crippen LogP contribution in [0.3, 0.4) is 0 Å². The van der Waals surface area contributed by atoms with Crippen molar-refractivity contribution in [3.8, 4) is 0 Å². The first-order valence-corrected chi connectivity index (χ1v) is 3.71. The summed E-state index contributed by atoms with van der Waals surface area (Å²) in [6.45, 7) is 0. The third-order valence-corrected chi connectivity index (χ3v) is 1.58. The van der Waals surface area contributed by atoms with E-state index in [2.05, 4.69) is 22.5 Å². The van der Waals surface area contributed by atoms with Crippen LogP contribution < -0.4 is 5.12 Å². The Morgan fingerprint density at radius 1 is 1.38 bits per heavy atom. The van der Waals surface area contributed by atoms with E-state index in [1.54, 1.807) is 12.1 Å². The first kappa shape index (κ1) is 8.00. The monoisotopic (exact) mass is 178 g/mol. The second kappa shape index (κ2) is 3.02. The number of nitrogens with one attached hydrogen (secondary N) is 1. The molecule has 1 aromatic carbocycles. The van der Waals surface area contributed by atoms with Crippen LogP contribution in [0.2, 0.25) is 0 Å². The molecular weight excluding hydrogens is 171 g/mol. The fraction of sp³-hybridized carbons (Fsp3) is 0. The maximum absolute atomic E-state index is 12.8. The summed E-state index contributed by atoms with van der Waals surface area (Å²) in [5.41, 5.74) is 0.613. The molecule has 1 aliphatic rings. The third kappa shape index (κ3) is 1.59. The van der Waals surface area contributed by atoms with Crippen molar-refractivity contribution in [1.29, 1.82) is 0 Å². The molecule has 1 atom stereocenters. The summed E-state index contributed by atoms with van der Waals surface area (Å²) in [7, 11) is 3.51. The fourth-order valence-electron chi connectivity index (χ4n) is 1.02. The lowest BCUT2D eigenvalue weighted by molar-refractivity contribution is -0.868. The van der Waals surface area contributed by atoms with E-state index in [1.165, 1.54) is 12.1 Å². The minimum atomic E-state index is -0.312. The summed E-state index contributed by atoms with van der Waals surface area (Å²) in [5.74, 6) is 0.0948. The quantitative estimate of drug-likeness (QED) is 0.610. The molecule has 0 fully saturated rings.